The first-order valence-electron chi connectivity index (χ1n) is 4.16. The fourth-order valence-corrected chi connectivity index (χ4v) is 1.37. The Morgan fingerprint density at radius 3 is 2.86 bits per heavy atom. The molecule has 1 aromatic heterocycles. The fourth-order valence-electron chi connectivity index (χ4n) is 1.37. The monoisotopic (exact) mass is 195 g/mol. The molecule has 7 heteroatoms. The van der Waals surface area contributed by atoms with E-state index in [0.717, 1.165) is 0 Å². The summed E-state index contributed by atoms with van der Waals surface area (Å²) < 4.78 is 0. The van der Waals surface area contributed by atoms with E-state index in [4.69, 9.17) is 5.73 Å². The molecule has 0 bridgehead atoms. The number of hydrogen-bond donors (Lipinski definition) is 2. The van der Waals surface area contributed by atoms with E-state index in [9.17, 15) is 9.59 Å². The third kappa shape index (κ3) is 1.22. The summed E-state index contributed by atoms with van der Waals surface area (Å²) in [6.07, 6.45) is 1.86. The number of carbonyl (C=O) groups is 2. The Bertz CT molecular complexity index is 360. The Labute approximate surface area is 79.3 Å². The predicted octanol–water partition coefficient (Wildman–Crippen LogP) is -1.50. The Morgan fingerprint density at radius 1 is 1.64 bits per heavy atom. The first-order chi connectivity index (χ1) is 6.70. The fraction of sp³-hybridized carbons (Fsp3) is 0.429. The number of nitrogens with two attached hydrogens (primary N) is 1. The molecule has 1 aliphatic rings. The van der Waals surface area contributed by atoms with Crippen LogP contribution in [0, 0.1) is 0 Å². The van der Waals surface area contributed by atoms with Gasteiger partial charge in [0.1, 0.15) is 12.4 Å². The van der Waals surface area contributed by atoms with Gasteiger partial charge in [0.05, 0.1) is 0 Å². The molecule has 0 radical (unpaired) electrons. The van der Waals surface area contributed by atoms with Crippen LogP contribution in [-0.2, 0) is 4.79 Å². The van der Waals surface area contributed by atoms with Crippen LogP contribution in [0.1, 0.15) is 17.0 Å². The number of carbonyl (C=O) groups excluding carboxylic acids is 2. The number of hydrogen-bond acceptors (Lipinski definition) is 4. The summed E-state index contributed by atoms with van der Waals surface area (Å²) in [5, 5.41) is 6.00. The topological polar surface area (TPSA) is 105 Å². The zero-order valence-corrected chi connectivity index (χ0v) is 7.30. The van der Waals surface area contributed by atoms with Gasteiger partial charge in [-0.15, -0.1) is 0 Å². The van der Waals surface area contributed by atoms with E-state index >= 15 is 0 Å². The number of nitrogens with one attached hydrogen (secondary N) is 1. The van der Waals surface area contributed by atoms with Crippen molar-refractivity contribution in [1.82, 2.24) is 20.1 Å². The maximum Gasteiger partial charge on any atom is 0.291 e. The number of aromatic nitrogens is 3. The molecule has 0 aliphatic carbocycles. The lowest BCUT2D eigenvalue weighted by Crippen LogP contribution is -2.57. The van der Waals surface area contributed by atoms with Crippen LogP contribution in [0.2, 0.25) is 0 Å². The number of primary amides is 1. The van der Waals surface area contributed by atoms with Gasteiger partial charge in [-0.2, -0.15) is 5.10 Å². The van der Waals surface area contributed by atoms with Crippen molar-refractivity contribution in [3.63, 3.8) is 0 Å². The average Bonchev–Trinajstić information content (AvgIpc) is 2.51. The predicted molar refractivity (Wildman–Crippen MR) is 45.0 cm³/mol. The summed E-state index contributed by atoms with van der Waals surface area (Å²) in [5.41, 5.74) is 5.10. The molecule has 7 nitrogen and oxygen atoms in total. The van der Waals surface area contributed by atoms with Gasteiger partial charge < -0.3 is 10.6 Å². The molecule has 2 heterocycles. The molecule has 2 amide bonds. The highest BCUT2D eigenvalue weighted by atomic mass is 16.2. The second-order valence-corrected chi connectivity index (χ2v) is 3.04. The number of rotatable bonds is 2. The van der Waals surface area contributed by atoms with E-state index in [1.54, 1.807) is 0 Å². The van der Waals surface area contributed by atoms with Crippen molar-refractivity contribution in [3.05, 3.63) is 12.2 Å². The van der Waals surface area contributed by atoms with Gasteiger partial charge >= 0.3 is 0 Å². The smallest absolute Gasteiger partial charge is 0.291 e. The summed E-state index contributed by atoms with van der Waals surface area (Å²) in [6, 6.07) is -0.493. The second-order valence-electron chi connectivity index (χ2n) is 3.04. The minimum absolute atomic E-state index is 0.135. The molecule has 1 aromatic rings. The van der Waals surface area contributed by atoms with Gasteiger partial charge in [0.15, 0.2) is 0 Å². The van der Waals surface area contributed by atoms with Gasteiger partial charge in [-0.1, -0.05) is 0 Å². The van der Waals surface area contributed by atoms with E-state index in [0.29, 0.717) is 13.0 Å². The van der Waals surface area contributed by atoms with Crippen LogP contribution in [0.15, 0.2) is 6.33 Å². The minimum Gasteiger partial charge on any atom is -0.368 e. The van der Waals surface area contributed by atoms with Crippen LogP contribution in [0.3, 0.4) is 0 Å². The molecule has 1 atom stereocenters. The van der Waals surface area contributed by atoms with Crippen LogP contribution in [-0.4, -0.2) is 44.5 Å². The van der Waals surface area contributed by atoms with Gasteiger partial charge in [0.2, 0.25) is 11.7 Å². The lowest BCUT2D eigenvalue weighted by molar-refractivity contribution is -0.125. The lowest BCUT2D eigenvalue weighted by atomic mass is 10.0. The first kappa shape index (κ1) is 8.67. The second kappa shape index (κ2) is 3.09. The van der Waals surface area contributed by atoms with Crippen molar-refractivity contribution in [2.75, 3.05) is 6.54 Å². The molecule has 0 saturated carbocycles. The normalized spacial score (nSPS) is 20.3. The highest BCUT2D eigenvalue weighted by Crippen LogP contribution is 2.18. The minimum atomic E-state index is -0.493. The summed E-state index contributed by atoms with van der Waals surface area (Å²) >= 11 is 0. The standard InChI is InChI=1S/C7H9N5O2/c8-5(13)4-1-2-12(4)7(14)6-9-3-10-11-6/h3-4H,1-2H2,(H2,8,13)(H,9,10,11). The number of H-pyrrole nitrogens is 1. The molecule has 0 spiro atoms. The van der Waals surface area contributed by atoms with Crippen LogP contribution >= 0.6 is 0 Å². The zero-order chi connectivity index (χ0) is 10.1. The molecule has 1 unspecified atom stereocenters. The van der Waals surface area contributed by atoms with E-state index in [1.165, 1.54) is 11.2 Å². The summed E-state index contributed by atoms with van der Waals surface area (Å²) in [5.74, 6) is -0.683. The SMILES string of the molecule is NC(=O)C1CCN1C(=O)c1ncn[nH]1. The number of likely N-dealkylation sites (tertiary alicyclic amines) is 1. The third-order valence-electron chi connectivity index (χ3n) is 2.23. The van der Waals surface area contributed by atoms with E-state index in [2.05, 4.69) is 15.2 Å². The van der Waals surface area contributed by atoms with Gasteiger partial charge in [-0.05, 0) is 6.42 Å². The molecule has 14 heavy (non-hydrogen) atoms. The highest BCUT2D eigenvalue weighted by molar-refractivity contribution is 5.95. The largest absolute Gasteiger partial charge is 0.368 e. The summed E-state index contributed by atoms with van der Waals surface area (Å²) in [4.78, 5) is 27.5. The number of nitrogens with zero attached hydrogens (tertiary/aromatic N) is 3. The molecule has 2 rings (SSSR count). The molecule has 1 aliphatic heterocycles. The van der Waals surface area contributed by atoms with Crippen LogP contribution < -0.4 is 5.73 Å². The Hall–Kier alpha value is -1.92. The molecule has 3 N–H and O–H groups in total. The first-order valence-corrected chi connectivity index (χ1v) is 4.16. The van der Waals surface area contributed by atoms with Gasteiger partial charge in [-0.25, -0.2) is 4.98 Å². The Kier molecular flexibility index (Phi) is 1.91. The van der Waals surface area contributed by atoms with Crippen molar-refractivity contribution in [2.45, 2.75) is 12.5 Å². The number of aromatic amines is 1. The Morgan fingerprint density at radius 2 is 2.43 bits per heavy atom. The number of amides is 2. The maximum absolute atomic E-state index is 11.6. The quantitative estimate of drug-likeness (QED) is 0.599. The van der Waals surface area contributed by atoms with Crippen LogP contribution in [0.5, 0.6) is 0 Å². The molecular formula is C7H9N5O2. The van der Waals surface area contributed by atoms with Crippen molar-refractivity contribution in [2.24, 2.45) is 5.73 Å². The molecule has 1 saturated heterocycles. The van der Waals surface area contributed by atoms with E-state index in [1.807, 2.05) is 0 Å². The van der Waals surface area contributed by atoms with Crippen molar-refractivity contribution >= 4 is 11.8 Å². The van der Waals surface area contributed by atoms with E-state index < -0.39 is 11.9 Å². The van der Waals surface area contributed by atoms with E-state index in [-0.39, 0.29) is 11.7 Å². The van der Waals surface area contributed by atoms with Crippen molar-refractivity contribution in [1.29, 1.82) is 0 Å². The van der Waals surface area contributed by atoms with Crippen molar-refractivity contribution < 1.29 is 9.59 Å². The Balaban J connectivity index is 2.10. The molecular weight excluding hydrogens is 186 g/mol. The summed E-state index contributed by atoms with van der Waals surface area (Å²) in [6.45, 7) is 0.535. The maximum atomic E-state index is 11.6. The van der Waals surface area contributed by atoms with Crippen LogP contribution in [0.4, 0.5) is 0 Å². The molecule has 74 valence electrons. The van der Waals surface area contributed by atoms with Gasteiger partial charge in [0.25, 0.3) is 5.91 Å². The highest BCUT2D eigenvalue weighted by Gasteiger charge is 2.37. The molecule has 0 aromatic carbocycles. The van der Waals surface area contributed by atoms with Gasteiger partial charge in [0, 0.05) is 6.54 Å². The van der Waals surface area contributed by atoms with Crippen molar-refractivity contribution in [3.8, 4) is 0 Å². The average molecular weight is 195 g/mol. The zero-order valence-electron chi connectivity index (χ0n) is 7.30. The van der Waals surface area contributed by atoms with Crippen LogP contribution in [0.25, 0.3) is 0 Å². The summed E-state index contributed by atoms with van der Waals surface area (Å²) in [7, 11) is 0. The lowest BCUT2D eigenvalue weighted by Gasteiger charge is -2.37. The van der Waals surface area contributed by atoms with Gasteiger partial charge in [-0.3, -0.25) is 14.7 Å². The third-order valence-corrected chi connectivity index (χ3v) is 2.23. The molecule has 1 fully saturated rings.